The number of aromatic nitrogens is 3. The molecule has 0 unspecified atom stereocenters. The topological polar surface area (TPSA) is 30.7 Å². The number of rotatable bonds is 1. The lowest BCUT2D eigenvalue weighted by Crippen LogP contribution is -2.03. The zero-order chi connectivity index (χ0) is 16.0. The zero-order valence-corrected chi connectivity index (χ0v) is 14.8. The maximum absolute atomic E-state index is 6.45. The summed E-state index contributed by atoms with van der Waals surface area (Å²) in [6, 6.07) is 14.2. The number of allylic oxidation sites excluding steroid dienone is 1. The Morgan fingerprint density at radius 1 is 1.09 bits per heavy atom. The minimum absolute atomic E-state index is 0.716. The Morgan fingerprint density at radius 3 is 2.74 bits per heavy atom. The molecule has 0 atom stereocenters. The molecule has 0 bridgehead atoms. The fourth-order valence-corrected chi connectivity index (χ4v) is 3.61. The molecule has 0 saturated heterocycles. The summed E-state index contributed by atoms with van der Waals surface area (Å²) in [5, 5.41) is 9.28. The van der Waals surface area contributed by atoms with E-state index in [0.29, 0.717) is 6.42 Å². The number of nitrogens with zero attached hydrogens (tertiary/aromatic N) is 3. The van der Waals surface area contributed by atoms with Crippen molar-refractivity contribution in [2.24, 2.45) is 0 Å². The van der Waals surface area contributed by atoms with E-state index in [2.05, 4.69) is 55.0 Å². The number of aryl methyl sites for hydroxylation is 1. The molecule has 0 aliphatic carbocycles. The van der Waals surface area contributed by atoms with Crippen molar-refractivity contribution in [1.29, 1.82) is 0 Å². The number of hydrogen-bond donors (Lipinski definition) is 0. The first-order valence-corrected chi connectivity index (χ1v) is 8.48. The average molecular weight is 387 g/mol. The third kappa shape index (κ3) is 2.42. The highest BCUT2D eigenvalue weighted by atomic mass is 79.9. The van der Waals surface area contributed by atoms with Crippen LogP contribution in [0, 0.1) is 6.92 Å². The number of benzene rings is 2. The quantitative estimate of drug-likeness (QED) is 0.590. The van der Waals surface area contributed by atoms with Gasteiger partial charge in [-0.2, -0.15) is 0 Å². The van der Waals surface area contributed by atoms with Crippen molar-refractivity contribution in [2.45, 2.75) is 13.3 Å². The van der Waals surface area contributed by atoms with Crippen molar-refractivity contribution >= 4 is 33.1 Å². The molecule has 4 rings (SSSR count). The second-order valence-electron chi connectivity index (χ2n) is 5.46. The minimum atomic E-state index is 0.716. The molecule has 1 aromatic heterocycles. The van der Waals surface area contributed by atoms with Crippen molar-refractivity contribution < 1.29 is 0 Å². The lowest BCUT2D eigenvalue weighted by Gasteiger charge is -2.15. The minimum Gasteiger partial charge on any atom is -0.282 e. The zero-order valence-electron chi connectivity index (χ0n) is 12.4. The summed E-state index contributed by atoms with van der Waals surface area (Å²) in [5.74, 6) is 1.82. The lowest BCUT2D eigenvalue weighted by molar-refractivity contribution is 0.909. The molecule has 114 valence electrons. The van der Waals surface area contributed by atoms with Gasteiger partial charge in [0.2, 0.25) is 0 Å². The largest absolute Gasteiger partial charge is 0.282 e. The Bertz CT molecular complexity index is 943. The maximum atomic E-state index is 6.45. The van der Waals surface area contributed by atoms with Gasteiger partial charge in [-0.05, 0) is 36.8 Å². The van der Waals surface area contributed by atoms with Gasteiger partial charge in [-0.15, -0.1) is 10.2 Å². The van der Waals surface area contributed by atoms with Gasteiger partial charge in [0.05, 0.1) is 5.69 Å². The summed E-state index contributed by atoms with van der Waals surface area (Å²) in [6.07, 6.45) is 2.90. The van der Waals surface area contributed by atoms with Crippen LogP contribution in [0.4, 0.5) is 0 Å². The Morgan fingerprint density at radius 2 is 1.91 bits per heavy atom. The molecule has 0 fully saturated rings. The van der Waals surface area contributed by atoms with Gasteiger partial charge < -0.3 is 0 Å². The van der Waals surface area contributed by atoms with Crippen LogP contribution in [0.3, 0.4) is 0 Å². The molecule has 0 spiro atoms. The van der Waals surface area contributed by atoms with E-state index in [9.17, 15) is 0 Å². The molecule has 0 radical (unpaired) electrons. The first-order valence-electron chi connectivity index (χ1n) is 7.31. The van der Waals surface area contributed by atoms with Crippen molar-refractivity contribution in [2.75, 3.05) is 0 Å². The summed E-state index contributed by atoms with van der Waals surface area (Å²) in [7, 11) is 0. The third-order valence-electron chi connectivity index (χ3n) is 4.03. The highest BCUT2D eigenvalue weighted by Crippen LogP contribution is 2.37. The van der Waals surface area contributed by atoms with E-state index in [1.54, 1.807) is 0 Å². The van der Waals surface area contributed by atoms with Gasteiger partial charge in [-0.1, -0.05) is 51.8 Å². The maximum Gasteiger partial charge on any atom is 0.141 e. The highest BCUT2D eigenvalue weighted by molar-refractivity contribution is 9.10. The van der Waals surface area contributed by atoms with Gasteiger partial charge in [0.1, 0.15) is 11.6 Å². The monoisotopic (exact) mass is 385 g/mol. The molecule has 2 heterocycles. The fraction of sp³-hybridized carbons (Fsp3) is 0.111. The molecule has 3 aromatic rings. The van der Waals surface area contributed by atoms with Crippen LogP contribution in [0.1, 0.15) is 22.8 Å². The van der Waals surface area contributed by atoms with Gasteiger partial charge >= 0.3 is 0 Å². The average Bonchev–Trinajstić information content (AvgIpc) is 2.82. The van der Waals surface area contributed by atoms with Gasteiger partial charge in [0.15, 0.2) is 0 Å². The molecule has 0 N–H and O–H groups in total. The van der Waals surface area contributed by atoms with Gasteiger partial charge in [0.25, 0.3) is 0 Å². The van der Waals surface area contributed by atoms with Crippen LogP contribution in [0.5, 0.6) is 0 Å². The van der Waals surface area contributed by atoms with Crippen molar-refractivity contribution in [3.8, 4) is 5.69 Å². The summed E-state index contributed by atoms with van der Waals surface area (Å²) in [5.41, 5.74) is 4.35. The Hall–Kier alpha value is -1.91. The molecule has 1 aliphatic heterocycles. The molecule has 3 nitrogen and oxygen atoms in total. The predicted molar refractivity (Wildman–Crippen MR) is 96.0 cm³/mol. The molecule has 0 amide bonds. The Kier molecular flexibility index (Phi) is 3.58. The van der Waals surface area contributed by atoms with Crippen LogP contribution >= 0.6 is 27.5 Å². The normalized spacial score (nSPS) is 13.1. The predicted octanol–water partition coefficient (Wildman–Crippen LogP) is 4.98. The smallest absolute Gasteiger partial charge is 0.141 e. The SMILES string of the molecule is Cc1nnc2n1-c1ccc(Br)cc1C(c1ccccc1Cl)=CC2. The summed E-state index contributed by atoms with van der Waals surface area (Å²) >= 11 is 10.0. The third-order valence-corrected chi connectivity index (χ3v) is 4.86. The number of fused-ring (bicyclic) bond motifs is 3. The molecule has 5 heteroatoms. The molecule has 2 aromatic carbocycles. The van der Waals surface area contributed by atoms with Crippen LogP contribution in [0.15, 0.2) is 53.0 Å². The van der Waals surface area contributed by atoms with E-state index in [-0.39, 0.29) is 0 Å². The van der Waals surface area contributed by atoms with Crippen LogP contribution in [0.2, 0.25) is 5.02 Å². The molecular weight excluding hydrogens is 374 g/mol. The Balaban J connectivity index is 2.03. The second-order valence-corrected chi connectivity index (χ2v) is 6.78. The summed E-state index contributed by atoms with van der Waals surface area (Å²) in [6.45, 7) is 1.98. The van der Waals surface area contributed by atoms with E-state index in [1.165, 1.54) is 0 Å². The fourth-order valence-electron chi connectivity index (χ4n) is 3.01. The van der Waals surface area contributed by atoms with Crippen molar-refractivity contribution in [1.82, 2.24) is 14.8 Å². The first kappa shape index (κ1) is 14.7. The molecular formula is C18H13BrClN3. The summed E-state index contributed by atoms with van der Waals surface area (Å²) in [4.78, 5) is 0. The van der Waals surface area contributed by atoms with E-state index >= 15 is 0 Å². The van der Waals surface area contributed by atoms with Crippen LogP contribution in [-0.4, -0.2) is 14.8 Å². The first-order chi connectivity index (χ1) is 11.1. The highest BCUT2D eigenvalue weighted by Gasteiger charge is 2.21. The van der Waals surface area contributed by atoms with E-state index in [0.717, 1.165) is 43.5 Å². The van der Waals surface area contributed by atoms with Gasteiger partial charge in [-0.3, -0.25) is 4.57 Å². The summed E-state index contributed by atoms with van der Waals surface area (Å²) < 4.78 is 3.14. The van der Waals surface area contributed by atoms with Crippen molar-refractivity contribution in [3.05, 3.63) is 80.8 Å². The van der Waals surface area contributed by atoms with E-state index in [1.807, 2.05) is 31.2 Å². The number of hydrogen-bond acceptors (Lipinski definition) is 2. The van der Waals surface area contributed by atoms with Crippen LogP contribution in [-0.2, 0) is 6.42 Å². The molecule has 0 saturated carbocycles. The van der Waals surface area contributed by atoms with Gasteiger partial charge in [-0.25, -0.2) is 0 Å². The van der Waals surface area contributed by atoms with Crippen LogP contribution < -0.4 is 0 Å². The van der Waals surface area contributed by atoms with Crippen molar-refractivity contribution in [3.63, 3.8) is 0 Å². The van der Waals surface area contributed by atoms with E-state index < -0.39 is 0 Å². The molecule has 1 aliphatic rings. The van der Waals surface area contributed by atoms with Crippen LogP contribution in [0.25, 0.3) is 11.3 Å². The molecule has 23 heavy (non-hydrogen) atoms. The standard InChI is InChI=1S/C18H13BrClN3/c1-11-21-22-18-9-7-13(14-4-2-3-5-16(14)20)15-10-12(19)6-8-17(15)23(11)18/h2-8,10H,9H2,1H3. The number of halogens is 2. The van der Waals surface area contributed by atoms with Gasteiger partial charge in [0, 0.05) is 27.0 Å². The lowest BCUT2D eigenvalue weighted by atomic mass is 9.96. The Labute approximate surface area is 147 Å². The van der Waals surface area contributed by atoms with E-state index in [4.69, 9.17) is 11.6 Å². The second kappa shape index (κ2) is 5.62.